The molecule has 5 rings (SSSR count). The first kappa shape index (κ1) is 17.3. The van der Waals surface area contributed by atoms with Gasteiger partial charge in [0.2, 0.25) is 0 Å². The van der Waals surface area contributed by atoms with Crippen molar-refractivity contribution in [3.05, 3.63) is 72.3 Å². The number of fused-ring (bicyclic) bond motifs is 2. The van der Waals surface area contributed by atoms with Gasteiger partial charge in [0.15, 0.2) is 11.5 Å². The number of nitrogens with one attached hydrogen (secondary N) is 2. The number of aromatic nitrogens is 6. The van der Waals surface area contributed by atoms with Gasteiger partial charge in [0.1, 0.15) is 17.5 Å². The molecule has 144 valence electrons. The van der Waals surface area contributed by atoms with E-state index in [0.29, 0.717) is 22.9 Å². The van der Waals surface area contributed by atoms with Crippen LogP contribution in [-0.2, 0) is 6.42 Å². The fourth-order valence-electron chi connectivity index (χ4n) is 3.29. The Morgan fingerprint density at radius 1 is 0.966 bits per heavy atom. The van der Waals surface area contributed by atoms with E-state index in [1.54, 1.807) is 22.7 Å². The van der Waals surface area contributed by atoms with E-state index in [1.807, 2.05) is 36.4 Å². The number of hydrogen-bond acceptors (Lipinski definition) is 5. The minimum absolute atomic E-state index is 0.354. The lowest BCUT2D eigenvalue weighted by molar-refractivity contribution is 0.629. The van der Waals surface area contributed by atoms with Crippen LogP contribution in [0.15, 0.2) is 60.7 Å². The third-order valence-electron chi connectivity index (χ3n) is 4.71. The van der Waals surface area contributed by atoms with Gasteiger partial charge in [0.25, 0.3) is 0 Å². The summed E-state index contributed by atoms with van der Waals surface area (Å²) in [7, 11) is 0. The molecule has 0 atom stereocenters. The zero-order chi connectivity index (χ0) is 19.6. The number of rotatable bonds is 6. The number of aromatic amines is 1. The minimum atomic E-state index is -0.354. The number of anilines is 1. The summed E-state index contributed by atoms with van der Waals surface area (Å²) in [6.45, 7) is 0.729. The third-order valence-corrected chi connectivity index (χ3v) is 4.71. The molecule has 3 heterocycles. The Hall–Kier alpha value is -3.81. The molecular weight excluding hydrogens is 369 g/mol. The lowest BCUT2D eigenvalue weighted by atomic mass is 10.2. The molecule has 3 aromatic heterocycles. The topological polar surface area (TPSA) is 83.8 Å². The molecule has 8 heteroatoms. The SMILES string of the molecule is Fc1ccccc1-c1nnc2ccc(NCCCc3nc4ccccc4[nH]3)nn12. The van der Waals surface area contributed by atoms with Crippen molar-refractivity contribution in [3.8, 4) is 11.4 Å². The van der Waals surface area contributed by atoms with Crippen LogP contribution in [0.25, 0.3) is 28.1 Å². The van der Waals surface area contributed by atoms with Crippen LogP contribution >= 0.6 is 0 Å². The third kappa shape index (κ3) is 3.40. The summed E-state index contributed by atoms with van der Waals surface area (Å²) in [6.07, 6.45) is 1.72. The van der Waals surface area contributed by atoms with Gasteiger partial charge in [0.05, 0.1) is 16.6 Å². The molecule has 0 radical (unpaired) electrons. The molecule has 0 aliphatic rings. The van der Waals surface area contributed by atoms with Crippen LogP contribution in [-0.4, -0.2) is 36.3 Å². The first-order chi connectivity index (χ1) is 14.3. The maximum absolute atomic E-state index is 14.1. The first-order valence-electron chi connectivity index (χ1n) is 9.43. The minimum Gasteiger partial charge on any atom is -0.369 e. The van der Waals surface area contributed by atoms with Crippen molar-refractivity contribution in [2.75, 3.05) is 11.9 Å². The second-order valence-corrected chi connectivity index (χ2v) is 6.72. The lowest BCUT2D eigenvalue weighted by Crippen LogP contribution is -2.07. The van der Waals surface area contributed by atoms with E-state index >= 15 is 0 Å². The molecule has 2 N–H and O–H groups in total. The van der Waals surface area contributed by atoms with Gasteiger partial charge in [-0.2, -0.15) is 4.52 Å². The number of benzene rings is 2. The fourth-order valence-corrected chi connectivity index (χ4v) is 3.29. The number of imidazole rings is 1. The van der Waals surface area contributed by atoms with Gasteiger partial charge in [0, 0.05) is 13.0 Å². The van der Waals surface area contributed by atoms with E-state index in [4.69, 9.17) is 0 Å². The Labute approximate surface area is 165 Å². The number of H-pyrrole nitrogens is 1. The Balaban J connectivity index is 1.28. The molecule has 0 aliphatic heterocycles. The van der Waals surface area contributed by atoms with Crippen LogP contribution in [0.3, 0.4) is 0 Å². The predicted molar refractivity (Wildman–Crippen MR) is 109 cm³/mol. The van der Waals surface area contributed by atoms with Gasteiger partial charge in [-0.3, -0.25) is 0 Å². The molecule has 0 spiro atoms. The summed E-state index contributed by atoms with van der Waals surface area (Å²) in [4.78, 5) is 7.92. The molecule has 0 unspecified atom stereocenters. The maximum atomic E-state index is 14.1. The standard InChI is InChI=1S/C21H18FN7/c22-15-7-2-1-6-14(15)21-27-26-20-12-11-18(28-29(20)21)23-13-5-10-19-24-16-8-3-4-9-17(16)25-19/h1-4,6-9,11-12H,5,10,13H2,(H,23,28)(H,24,25). The van der Waals surface area contributed by atoms with Gasteiger partial charge < -0.3 is 10.3 Å². The van der Waals surface area contributed by atoms with Crippen molar-refractivity contribution in [3.63, 3.8) is 0 Å². The number of aryl methyl sites for hydroxylation is 1. The normalized spacial score (nSPS) is 11.3. The van der Waals surface area contributed by atoms with E-state index in [9.17, 15) is 4.39 Å². The Kier molecular flexibility index (Phi) is 4.36. The van der Waals surface area contributed by atoms with Crippen LogP contribution in [0.2, 0.25) is 0 Å². The van der Waals surface area contributed by atoms with Crippen LogP contribution in [0, 0.1) is 5.82 Å². The highest BCUT2D eigenvalue weighted by molar-refractivity contribution is 5.74. The molecule has 0 fully saturated rings. The van der Waals surface area contributed by atoms with E-state index < -0.39 is 0 Å². The maximum Gasteiger partial charge on any atom is 0.188 e. The summed E-state index contributed by atoms with van der Waals surface area (Å²) in [6, 6.07) is 18.1. The monoisotopic (exact) mass is 387 g/mol. The second-order valence-electron chi connectivity index (χ2n) is 6.72. The molecular formula is C21H18FN7. The smallest absolute Gasteiger partial charge is 0.188 e. The summed E-state index contributed by atoms with van der Waals surface area (Å²) in [5.74, 6) is 1.67. The average molecular weight is 387 g/mol. The zero-order valence-electron chi connectivity index (χ0n) is 15.5. The van der Waals surface area contributed by atoms with Gasteiger partial charge in [-0.25, -0.2) is 9.37 Å². The fraction of sp³-hybridized carbons (Fsp3) is 0.143. The van der Waals surface area contributed by atoms with Gasteiger partial charge in [-0.15, -0.1) is 15.3 Å². The Bertz CT molecular complexity index is 1260. The summed E-state index contributed by atoms with van der Waals surface area (Å²) in [5.41, 5.74) is 2.97. The molecule has 5 aromatic rings. The summed E-state index contributed by atoms with van der Waals surface area (Å²) < 4.78 is 15.7. The average Bonchev–Trinajstić information content (AvgIpc) is 3.35. The highest BCUT2D eigenvalue weighted by atomic mass is 19.1. The van der Waals surface area contributed by atoms with Crippen molar-refractivity contribution in [1.82, 2.24) is 29.8 Å². The van der Waals surface area contributed by atoms with Crippen LogP contribution in [0.5, 0.6) is 0 Å². The largest absolute Gasteiger partial charge is 0.369 e. The Morgan fingerprint density at radius 3 is 2.72 bits per heavy atom. The molecule has 0 saturated carbocycles. The second kappa shape index (κ2) is 7.31. The predicted octanol–water partition coefficient (Wildman–Crippen LogP) is 3.85. The number of nitrogens with zero attached hydrogens (tertiary/aromatic N) is 5. The van der Waals surface area contributed by atoms with E-state index in [-0.39, 0.29) is 5.82 Å². The molecule has 2 aromatic carbocycles. The highest BCUT2D eigenvalue weighted by Crippen LogP contribution is 2.21. The first-order valence-corrected chi connectivity index (χ1v) is 9.43. The molecule has 0 amide bonds. The molecule has 7 nitrogen and oxygen atoms in total. The Morgan fingerprint density at radius 2 is 1.83 bits per heavy atom. The molecule has 0 bridgehead atoms. The van der Waals surface area contributed by atoms with Crippen molar-refractivity contribution >= 4 is 22.5 Å². The van der Waals surface area contributed by atoms with E-state index in [0.717, 1.165) is 36.2 Å². The quantitative estimate of drug-likeness (QED) is 0.432. The summed E-state index contributed by atoms with van der Waals surface area (Å²) >= 11 is 0. The van der Waals surface area contributed by atoms with Gasteiger partial charge >= 0.3 is 0 Å². The van der Waals surface area contributed by atoms with Crippen molar-refractivity contribution in [2.24, 2.45) is 0 Å². The molecule has 29 heavy (non-hydrogen) atoms. The number of halogens is 1. The summed E-state index contributed by atoms with van der Waals surface area (Å²) in [5, 5.41) is 16.0. The van der Waals surface area contributed by atoms with Crippen LogP contribution in [0.1, 0.15) is 12.2 Å². The number of hydrogen-bond donors (Lipinski definition) is 2. The number of para-hydroxylation sites is 2. The van der Waals surface area contributed by atoms with Gasteiger partial charge in [-0.05, 0) is 42.8 Å². The van der Waals surface area contributed by atoms with Crippen molar-refractivity contribution in [2.45, 2.75) is 12.8 Å². The van der Waals surface area contributed by atoms with E-state index in [2.05, 4.69) is 30.6 Å². The van der Waals surface area contributed by atoms with Gasteiger partial charge in [-0.1, -0.05) is 24.3 Å². The zero-order valence-corrected chi connectivity index (χ0v) is 15.5. The highest BCUT2D eigenvalue weighted by Gasteiger charge is 2.13. The van der Waals surface area contributed by atoms with Crippen molar-refractivity contribution in [1.29, 1.82) is 0 Å². The molecule has 0 saturated heterocycles. The molecule has 0 aliphatic carbocycles. The lowest BCUT2D eigenvalue weighted by Gasteiger charge is -2.06. The van der Waals surface area contributed by atoms with Crippen LogP contribution < -0.4 is 5.32 Å². The van der Waals surface area contributed by atoms with Crippen LogP contribution in [0.4, 0.5) is 10.2 Å². The van der Waals surface area contributed by atoms with Crippen molar-refractivity contribution < 1.29 is 4.39 Å². The van der Waals surface area contributed by atoms with E-state index in [1.165, 1.54) is 6.07 Å².